The van der Waals surface area contributed by atoms with Crippen LogP contribution in [0.5, 0.6) is 0 Å². The lowest BCUT2D eigenvalue weighted by Crippen LogP contribution is -2.57. The molecule has 1 fully saturated rings. The third kappa shape index (κ3) is 11.8. The zero-order valence-electron chi connectivity index (χ0n) is 25.6. The second kappa shape index (κ2) is 18.1. The fourth-order valence-corrected chi connectivity index (χ4v) is 5.08. The number of nitrogens with zero attached hydrogens (tertiary/aromatic N) is 1. The maximum Gasteiger partial charge on any atom is 0.245 e. The molecule has 1 aliphatic heterocycles. The number of nitrogens with one attached hydrogen (secondary N) is 2. The number of aryl methyl sites for hydroxylation is 2. The van der Waals surface area contributed by atoms with Crippen LogP contribution in [-0.4, -0.2) is 65.5 Å². The Balaban J connectivity index is 0.00000197. The summed E-state index contributed by atoms with van der Waals surface area (Å²) in [5.74, 6) is -0.138. The summed E-state index contributed by atoms with van der Waals surface area (Å²) in [6, 6.07) is 17.7. The Morgan fingerprint density at radius 3 is 2.31 bits per heavy atom. The van der Waals surface area contributed by atoms with Crippen molar-refractivity contribution >= 4 is 17.7 Å². The summed E-state index contributed by atoms with van der Waals surface area (Å²) in [7, 11) is 0. The average molecular weight is 579 g/mol. The van der Waals surface area contributed by atoms with Gasteiger partial charge in [0.25, 0.3) is 0 Å². The Hall–Kier alpha value is -3.49. The number of hydrogen-bond donors (Lipinski definition) is 4. The van der Waals surface area contributed by atoms with Gasteiger partial charge in [0, 0.05) is 26.1 Å². The molecular formula is C34H50N4O4. The molecule has 0 bridgehead atoms. The first-order chi connectivity index (χ1) is 20.1. The van der Waals surface area contributed by atoms with Crippen molar-refractivity contribution in [2.45, 2.75) is 83.2 Å². The summed E-state index contributed by atoms with van der Waals surface area (Å²) in [5.41, 5.74) is 8.54. The van der Waals surface area contributed by atoms with Gasteiger partial charge in [-0.05, 0) is 81.9 Å². The summed E-state index contributed by atoms with van der Waals surface area (Å²) in [5, 5.41) is 14.5. The van der Waals surface area contributed by atoms with Crippen molar-refractivity contribution in [3.63, 3.8) is 0 Å². The largest absolute Gasteiger partial charge is 0.395 e. The van der Waals surface area contributed by atoms with Crippen LogP contribution in [0.1, 0.15) is 75.5 Å². The summed E-state index contributed by atoms with van der Waals surface area (Å²) in [6.45, 7) is 9.97. The van der Waals surface area contributed by atoms with E-state index in [-0.39, 0.29) is 30.9 Å². The van der Waals surface area contributed by atoms with Gasteiger partial charge in [-0.3, -0.25) is 14.4 Å². The Kier molecular flexibility index (Phi) is 15.0. The lowest BCUT2D eigenvalue weighted by molar-refractivity contribution is -0.138. The van der Waals surface area contributed by atoms with Crippen LogP contribution in [0.15, 0.2) is 67.3 Å². The van der Waals surface area contributed by atoms with Crippen molar-refractivity contribution in [3.05, 3.63) is 83.9 Å². The number of likely N-dealkylation sites (tertiary alicyclic amines) is 1. The minimum absolute atomic E-state index is 0.0482. The molecule has 3 amide bonds. The number of carbonyl (C=O) groups excluding carboxylic acids is 3. The highest BCUT2D eigenvalue weighted by atomic mass is 16.3. The molecule has 1 atom stereocenters. The molecule has 2 aromatic rings. The molecule has 1 heterocycles. The second-order valence-corrected chi connectivity index (χ2v) is 11.4. The van der Waals surface area contributed by atoms with E-state index < -0.39 is 11.6 Å². The third-order valence-electron chi connectivity index (χ3n) is 7.35. The van der Waals surface area contributed by atoms with Crippen molar-refractivity contribution in [2.75, 3.05) is 26.2 Å². The number of benzene rings is 2. The number of aliphatic hydroxyl groups excluding tert-OH is 1. The maximum atomic E-state index is 13.6. The molecule has 42 heavy (non-hydrogen) atoms. The fraction of sp³-hybridized carbons (Fsp3) is 0.500. The number of aliphatic hydroxyl groups is 1. The standard InChI is InChI=1S/C31H44N4O4.C3H6/c1-31(2,32)30(39)34-27(14-8-11-23-9-4-3-5-10-23)29(38)35-20-17-25(18-21-35)26-13-7-6-12-24(26)15-16-28(37)33-19-22-36;1-3-2/h3-7,9-10,12-13,25,27,36H,8,11,14-22,32H2,1-2H3,(H,33,37)(H,34,39);3H,1H2,2H3/t27-;/m1./s1. The summed E-state index contributed by atoms with van der Waals surface area (Å²) < 4.78 is 0. The van der Waals surface area contributed by atoms with Gasteiger partial charge in [-0.1, -0.05) is 60.7 Å². The van der Waals surface area contributed by atoms with Crippen molar-refractivity contribution in [1.29, 1.82) is 0 Å². The molecule has 0 saturated carbocycles. The van der Waals surface area contributed by atoms with Crippen molar-refractivity contribution < 1.29 is 19.5 Å². The van der Waals surface area contributed by atoms with E-state index in [1.54, 1.807) is 19.9 Å². The van der Waals surface area contributed by atoms with Gasteiger partial charge in [0.1, 0.15) is 6.04 Å². The molecule has 8 heteroatoms. The summed E-state index contributed by atoms with van der Waals surface area (Å²) in [4.78, 5) is 40.2. The number of allylic oxidation sites excluding steroid dienone is 1. The van der Waals surface area contributed by atoms with E-state index in [0.717, 1.165) is 31.2 Å². The predicted octanol–water partition coefficient (Wildman–Crippen LogP) is 3.87. The first kappa shape index (κ1) is 34.7. The average Bonchev–Trinajstić information content (AvgIpc) is 2.98. The van der Waals surface area contributed by atoms with Crippen molar-refractivity contribution in [1.82, 2.24) is 15.5 Å². The smallest absolute Gasteiger partial charge is 0.245 e. The van der Waals surface area contributed by atoms with Crippen LogP contribution >= 0.6 is 0 Å². The minimum atomic E-state index is -1.07. The Morgan fingerprint density at radius 2 is 1.69 bits per heavy atom. The van der Waals surface area contributed by atoms with Gasteiger partial charge in [0.05, 0.1) is 12.1 Å². The van der Waals surface area contributed by atoms with Crippen molar-refractivity contribution in [3.8, 4) is 0 Å². The van der Waals surface area contributed by atoms with Crippen molar-refractivity contribution in [2.24, 2.45) is 5.73 Å². The van der Waals surface area contributed by atoms with Gasteiger partial charge >= 0.3 is 0 Å². The highest BCUT2D eigenvalue weighted by Crippen LogP contribution is 2.31. The van der Waals surface area contributed by atoms with E-state index in [1.165, 1.54) is 11.1 Å². The van der Waals surface area contributed by atoms with Crippen LogP contribution in [0.4, 0.5) is 0 Å². The molecule has 0 spiro atoms. The second-order valence-electron chi connectivity index (χ2n) is 11.4. The van der Waals surface area contributed by atoms with Crippen LogP contribution in [0.2, 0.25) is 0 Å². The monoisotopic (exact) mass is 578 g/mol. The van der Waals surface area contributed by atoms with Crippen LogP contribution in [0.25, 0.3) is 0 Å². The van der Waals surface area contributed by atoms with Crippen LogP contribution in [0, 0.1) is 0 Å². The Morgan fingerprint density at radius 1 is 1.07 bits per heavy atom. The van der Waals surface area contributed by atoms with Gasteiger partial charge in [-0.15, -0.1) is 6.58 Å². The molecule has 230 valence electrons. The summed E-state index contributed by atoms with van der Waals surface area (Å²) in [6.07, 6.45) is 6.58. The van der Waals surface area contributed by atoms with Gasteiger partial charge in [0.2, 0.25) is 17.7 Å². The number of hydrogen-bond acceptors (Lipinski definition) is 5. The minimum Gasteiger partial charge on any atom is -0.395 e. The van der Waals surface area contributed by atoms with Gasteiger partial charge < -0.3 is 26.4 Å². The van der Waals surface area contributed by atoms with Crippen LogP contribution in [-0.2, 0) is 27.2 Å². The quantitative estimate of drug-likeness (QED) is 0.269. The molecular weight excluding hydrogens is 528 g/mol. The molecule has 8 nitrogen and oxygen atoms in total. The number of nitrogens with two attached hydrogens (primary N) is 1. The first-order valence-electron chi connectivity index (χ1n) is 15.1. The SMILES string of the molecule is C=CC.CC(C)(N)C(=O)N[C@H](CCCc1ccccc1)C(=O)N1CCC(c2ccccc2CCC(=O)NCCO)CC1. The summed E-state index contributed by atoms with van der Waals surface area (Å²) >= 11 is 0. The molecule has 3 rings (SSSR count). The molecule has 5 N–H and O–H groups in total. The van der Waals surface area contributed by atoms with E-state index in [0.29, 0.717) is 38.3 Å². The van der Waals surface area contributed by atoms with Gasteiger partial charge in [-0.25, -0.2) is 0 Å². The highest BCUT2D eigenvalue weighted by molar-refractivity contribution is 5.91. The molecule has 2 aromatic carbocycles. The highest BCUT2D eigenvalue weighted by Gasteiger charge is 2.32. The van der Waals surface area contributed by atoms with Crippen LogP contribution < -0.4 is 16.4 Å². The Bertz CT molecular complexity index is 1120. The zero-order valence-corrected chi connectivity index (χ0v) is 25.6. The topological polar surface area (TPSA) is 125 Å². The molecule has 0 aliphatic carbocycles. The third-order valence-corrected chi connectivity index (χ3v) is 7.35. The molecule has 0 aromatic heterocycles. The van der Waals surface area contributed by atoms with E-state index in [2.05, 4.69) is 41.5 Å². The van der Waals surface area contributed by atoms with Gasteiger partial charge in [0.15, 0.2) is 0 Å². The lowest BCUT2D eigenvalue weighted by atomic mass is 9.85. The van der Waals surface area contributed by atoms with E-state index in [4.69, 9.17) is 10.8 Å². The normalized spacial score (nSPS) is 14.3. The van der Waals surface area contributed by atoms with Gasteiger partial charge in [-0.2, -0.15) is 0 Å². The maximum absolute atomic E-state index is 13.6. The van der Waals surface area contributed by atoms with Crippen LogP contribution in [0.3, 0.4) is 0 Å². The number of carbonyl (C=O) groups is 3. The number of rotatable bonds is 13. The zero-order chi connectivity index (χ0) is 31.0. The van der Waals surface area contributed by atoms with E-state index >= 15 is 0 Å². The molecule has 1 aliphatic rings. The number of piperidine rings is 1. The number of amides is 3. The Labute approximate surface area is 251 Å². The molecule has 0 radical (unpaired) electrons. The molecule has 1 saturated heterocycles. The van der Waals surface area contributed by atoms with E-state index in [1.807, 2.05) is 42.2 Å². The first-order valence-corrected chi connectivity index (χ1v) is 15.1. The fourth-order valence-electron chi connectivity index (χ4n) is 5.08. The van der Waals surface area contributed by atoms with E-state index in [9.17, 15) is 14.4 Å². The molecule has 0 unspecified atom stereocenters. The lowest BCUT2D eigenvalue weighted by Gasteiger charge is -2.36. The predicted molar refractivity (Wildman–Crippen MR) is 169 cm³/mol.